The lowest BCUT2D eigenvalue weighted by molar-refractivity contribution is -0.166. The fourth-order valence-corrected chi connectivity index (χ4v) is 2.14. The van der Waals surface area contributed by atoms with Crippen molar-refractivity contribution in [1.82, 2.24) is 4.31 Å². The average molecular weight is 293 g/mol. The summed E-state index contributed by atoms with van der Waals surface area (Å²) in [6.07, 6.45) is -5.59. The predicted molar refractivity (Wildman–Crippen MR) is 61.9 cm³/mol. The number of benzene rings is 1. The molecule has 0 N–H and O–H groups in total. The van der Waals surface area contributed by atoms with Crippen molar-refractivity contribution in [3.8, 4) is 0 Å². The molecule has 8 heteroatoms. The monoisotopic (exact) mass is 293 g/mol. The van der Waals surface area contributed by atoms with E-state index >= 15 is 0 Å². The lowest BCUT2D eigenvalue weighted by Crippen LogP contribution is -2.43. The van der Waals surface area contributed by atoms with Crippen LogP contribution in [0.5, 0.6) is 0 Å². The molecule has 0 bridgehead atoms. The van der Waals surface area contributed by atoms with Crippen molar-refractivity contribution in [3.05, 3.63) is 35.9 Å². The number of alkyl halides is 3. The standard InChI is InChI=1S/C11H10F3NO3S/c12-11(13,14)9-7-18-19-15(9)10(16)17-6-8-4-2-1-3-5-8/h1-5,9H,6-7H2/t9-/m0/s1. The van der Waals surface area contributed by atoms with E-state index in [9.17, 15) is 18.0 Å². The maximum absolute atomic E-state index is 12.6. The largest absolute Gasteiger partial charge is 0.444 e. The number of hydrogen-bond acceptors (Lipinski definition) is 4. The number of ether oxygens (including phenoxy) is 1. The van der Waals surface area contributed by atoms with Gasteiger partial charge in [0.1, 0.15) is 18.8 Å². The number of rotatable bonds is 2. The first-order chi connectivity index (χ1) is 8.98. The van der Waals surface area contributed by atoms with Crippen LogP contribution in [0.2, 0.25) is 0 Å². The number of halogens is 3. The third kappa shape index (κ3) is 3.54. The molecule has 2 rings (SSSR count). The summed E-state index contributed by atoms with van der Waals surface area (Å²) < 4.78 is 47.7. The van der Waals surface area contributed by atoms with E-state index in [-0.39, 0.29) is 6.61 Å². The Balaban J connectivity index is 1.93. The van der Waals surface area contributed by atoms with E-state index in [1.165, 1.54) is 0 Å². The van der Waals surface area contributed by atoms with Crippen LogP contribution in [0.3, 0.4) is 0 Å². The maximum Gasteiger partial charge on any atom is 0.422 e. The summed E-state index contributed by atoms with van der Waals surface area (Å²) >= 11 is 0.359. The van der Waals surface area contributed by atoms with Crippen LogP contribution in [0, 0.1) is 0 Å². The van der Waals surface area contributed by atoms with Gasteiger partial charge in [-0.15, -0.1) is 0 Å². The lowest BCUT2D eigenvalue weighted by atomic mass is 10.2. The molecule has 19 heavy (non-hydrogen) atoms. The predicted octanol–water partition coefficient (Wildman–Crippen LogP) is 3.15. The maximum atomic E-state index is 12.6. The van der Waals surface area contributed by atoms with E-state index in [0.29, 0.717) is 22.1 Å². The van der Waals surface area contributed by atoms with Crippen LogP contribution >= 0.6 is 12.2 Å². The molecule has 1 saturated heterocycles. The first kappa shape index (κ1) is 14.0. The van der Waals surface area contributed by atoms with Gasteiger partial charge in [0.25, 0.3) is 0 Å². The smallest absolute Gasteiger partial charge is 0.422 e. The molecule has 104 valence electrons. The molecular formula is C11H10F3NO3S. The first-order valence-corrected chi connectivity index (χ1v) is 6.04. The van der Waals surface area contributed by atoms with E-state index in [4.69, 9.17) is 4.74 Å². The van der Waals surface area contributed by atoms with Crippen LogP contribution in [0.4, 0.5) is 18.0 Å². The number of nitrogens with zero attached hydrogens (tertiary/aromatic N) is 1. The molecule has 0 unspecified atom stereocenters. The van der Waals surface area contributed by atoms with E-state index in [0.717, 1.165) is 0 Å². The molecule has 0 aliphatic carbocycles. The van der Waals surface area contributed by atoms with Crippen molar-refractivity contribution in [3.63, 3.8) is 0 Å². The Bertz CT molecular complexity index is 441. The summed E-state index contributed by atoms with van der Waals surface area (Å²) in [5.74, 6) is 0. The third-order valence-corrected chi connectivity index (χ3v) is 3.21. The Morgan fingerprint density at radius 3 is 2.74 bits per heavy atom. The zero-order valence-corrected chi connectivity index (χ0v) is 10.4. The first-order valence-electron chi connectivity index (χ1n) is 5.34. The highest BCUT2D eigenvalue weighted by atomic mass is 32.2. The fraction of sp³-hybridized carbons (Fsp3) is 0.364. The summed E-state index contributed by atoms with van der Waals surface area (Å²) in [4.78, 5) is 11.6. The molecule has 1 aromatic carbocycles. The minimum absolute atomic E-state index is 0.0820. The van der Waals surface area contributed by atoms with E-state index in [1.54, 1.807) is 30.3 Å². The van der Waals surface area contributed by atoms with Gasteiger partial charge in [-0.3, -0.25) is 4.18 Å². The van der Waals surface area contributed by atoms with Gasteiger partial charge in [0, 0.05) is 0 Å². The molecule has 1 aliphatic heterocycles. The number of amides is 1. The Morgan fingerprint density at radius 1 is 1.42 bits per heavy atom. The van der Waals surface area contributed by atoms with Crippen LogP contribution in [0.1, 0.15) is 5.56 Å². The van der Waals surface area contributed by atoms with E-state index in [2.05, 4.69) is 4.18 Å². The van der Waals surface area contributed by atoms with Crippen molar-refractivity contribution in [2.24, 2.45) is 0 Å². The van der Waals surface area contributed by atoms with Gasteiger partial charge >= 0.3 is 12.3 Å². The molecule has 0 spiro atoms. The summed E-state index contributed by atoms with van der Waals surface area (Å²) in [7, 11) is 0. The van der Waals surface area contributed by atoms with Crippen molar-refractivity contribution in [1.29, 1.82) is 0 Å². The SMILES string of the molecule is O=C(OCc1ccccc1)N1SOC[C@H]1C(F)(F)F. The van der Waals surface area contributed by atoms with Crippen LogP contribution in [0.25, 0.3) is 0 Å². The van der Waals surface area contributed by atoms with Crippen LogP contribution in [-0.2, 0) is 15.5 Å². The van der Waals surface area contributed by atoms with Crippen molar-refractivity contribution in [2.75, 3.05) is 6.61 Å². The highest BCUT2D eigenvalue weighted by Gasteiger charge is 2.50. The van der Waals surface area contributed by atoms with Crippen molar-refractivity contribution >= 4 is 18.3 Å². The van der Waals surface area contributed by atoms with Gasteiger partial charge < -0.3 is 4.74 Å². The van der Waals surface area contributed by atoms with Gasteiger partial charge in [-0.2, -0.15) is 13.2 Å². The minimum Gasteiger partial charge on any atom is -0.444 e. The summed E-state index contributed by atoms with van der Waals surface area (Å²) in [6.45, 7) is -0.671. The molecule has 0 saturated carbocycles. The van der Waals surface area contributed by atoms with E-state index in [1.807, 2.05) is 0 Å². The van der Waals surface area contributed by atoms with Gasteiger partial charge in [-0.05, 0) is 5.56 Å². The van der Waals surface area contributed by atoms with Crippen molar-refractivity contribution in [2.45, 2.75) is 18.8 Å². The number of carbonyl (C=O) groups is 1. The molecule has 1 heterocycles. The molecule has 1 atom stereocenters. The van der Waals surface area contributed by atoms with Gasteiger partial charge in [0.15, 0.2) is 6.04 Å². The molecule has 1 amide bonds. The molecular weight excluding hydrogens is 283 g/mol. The zero-order valence-electron chi connectivity index (χ0n) is 9.59. The van der Waals surface area contributed by atoms with Crippen LogP contribution < -0.4 is 0 Å². The van der Waals surface area contributed by atoms with Gasteiger partial charge in [-0.25, -0.2) is 9.10 Å². The minimum atomic E-state index is -4.53. The highest BCUT2D eigenvalue weighted by molar-refractivity contribution is 7.93. The second-order valence-electron chi connectivity index (χ2n) is 3.78. The Labute approximate surface area is 111 Å². The molecule has 1 fully saturated rings. The molecule has 1 aliphatic rings. The number of hydrogen-bond donors (Lipinski definition) is 0. The molecule has 0 aromatic heterocycles. The Hall–Kier alpha value is -1.41. The molecule has 1 aromatic rings. The third-order valence-electron chi connectivity index (χ3n) is 2.40. The highest BCUT2D eigenvalue weighted by Crippen LogP contribution is 2.36. The summed E-state index contributed by atoms with van der Waals surface area (Å²) in [5.41, 5.74) is 0.699. The Kier molecular flexibility index (Phi) is 4.20. The van der Waals surface area contributed by atoms with Gasteiger partial charge in [0.05, 0.1) is 6.61 Å². The second kappa shape index (κ2) is 5.70. The summed E-state index contributed by atoms with van der Waals surface area (Å²) in [5, 5.41) is 0. The average Bonchev–Trinajstić information content (AvgIpc) is 2.86. The van der Waals surface area contributed by atoms with E-state index < -0.39 is 24.9 Å². The quantitative estimate of drug-likeness (QED) is 0.620. The Morgan fingerprint density at radius 2 is 2.11 bits per heavy atom. The molecule has 4 nitrogen and oxygen atoms in total. The lowest BCUT2D eigenvalue weighted by Gasteiger charge is -2.21. The fourth-order valence-electron chi connectivity index (χ4n) is 1.44. The molecule has 0 radical (unpaired) electrons. The van der Waals surface area contributed by atoms with Crippen molar-refractivity contribution < 1.29 is 26.9 Å². The van der Waals surface area contributed by atoms with Gasteiger partial charge in [-0.1, -0.05) is 30.3 Å². The normalized spacial score (nSPS) is 19.5. The summed E-state index contributed by atoms with van der Waals surface area (Å²) in [6, 6.07) is 6.73. The zero-order chi connectivity index (χ0) is 13.9. The topological polar surface area (TPSA) is 38.8 Å². The number of carbonyl (C=O) groups excluding carboxylic acids is 1. The second-order valence-corrected chi connectivity index (χ2v) is 4.56. The van der Waals surface area contributed by atoms with Crippen LogP contribution in [0.15, 0.2) is 30.3 Å². The van der Waals surface area contributed by atoms with Crippen LogP contribution in [-0.4, -0.2) is 29.2 Å². The van der Waals surface area contributed by atoms with Gasteiger partial charge in [0.2, 0.25) is 0 Å².